The number of nitrogens with one attached hydrogen (secondary N) is 1. The van der Waals surface area contributed by atoms with E-state index in [0.29, 0.717) is 69.7 Å². The fourth-order valence-corrected chi connectivity index (χ4v) is 5.52. The zero-order valence-corrected chi connectivity index (χ0v) is 17.3. The van der Waals surface area contributed by atoms with E-state index in [2.05, 4.69) is 5.32 Å². The monoisotopic (exact) mass is 424 g/mol. The molecule has 0 radical (unpaired) electrons. The van der Waals surface area contributed by atoms with E-state index in [9.17, 15) is 13.2 Å². The molecule has 3 aliphatic rings. The van der Waals surface area contributed by atoms with Crippen LogP contribution in [0.2, 0.25) is 0 Å². The van der Waals surface area contributed by atoms with Crippen LogP contribution in [0.3, 0.4) is 0 Å². The van der Waals surface area contributed by atoms with Gasteiger partial charge in [0.05, 0.1) is 19.8 Å². The van der Waals surface area contributed by atoms with Gasteiger partial charge in [0, 0.05) is 57.4 Å². The molecular weight excluding hydrogens is 396 g/mol. The lowest BCUT2D eigenvalue weighted by Gasteiger charge is -2.35. The number of fused-ring (bicyclic) bond motifs is 1. The van der Waals surface area contributed by atoms with E-state index in [1.165, 1.54) is 4.31 Å². The van der Waals surface area contributed by atoms with E-state index >= 15 is 0 Å². The first-order valence-electron chi connectivity index (χ1n) is 10.2. The Labute approximate surface area is 171 Å². The van der Waals surface area contributed by atoms with E-state index in [4.69, 9.17) is 9.47 Å². The Morgan fingerprint density at radius 3 is 2.28 bits per heavy atom. The molecule has 3 aliphatic heterocycles. The maximum atomic E-state index is 12.6. The molecule has 0 aliphatic carbocycles. The van der Waals surface area contributed by atoms with Gasteiger partial charge in [0.1, 0.15) is 0 Å². The highest BCUT2D eigenvalue weighted by Gasteiger charge is 2.34. The van der Waals surface area contributed by atoms with Gasteiger partial charge in [-0.25, -0.2) is 0 Å². The smallest absolute Gasteiger partial charge is 0.282 e. The molecule has 3 heterocycles. The normalized spacial score (nSPS) is 21.7. The molecule has 0 atom stereocenters. The Bertz CT molecular complexity index is 833. The van der Waals surface area contributed by atoms with Gasteiger partial charge in [-0.2, -0.15) is 17.0 Å². The van der Waals surface area contributed by atoms with Crippen LogP contribution >= 0.6 is 0 Å². The van der Waals surface area contributed by atoms with Gasteiger partial charge in [-0.1, -0.05) is 0 Å². The number of amides is 1. The molecule has 0 spiro atoms. The van der Waals surface area contributed by atoms with Gasteiger partial charge >= 0.3 is 0 Å². The molecule has 1 aromatic rings. The van der Waals surface area contributed by atoms with E-state index in [1.54, 1.807) is 22.5 Å². The Kier molecular flexibility index (Phi) is 6.23. The lowest BCUT2D eigenvalue weighted by Crippen LogP contribution is -2.53. The lowest BCUT2D eigenvalue weighted by atomic mass is 10.2. The average molecular weight is 425 g/mol. The highest BCUT2D eigenvalue weighted by Crippen LogP contribution is 2.32. The topological polar surface area (TPSA) is 91.4 Å². The Morgan fingerprint density at radius 2 is 1.55 bits per heavy atom. The van der Waals surface area contributed by atoms with Crippen molar-refractivity contribution in [2.75, 3.05) is 64.3 Å². The molecule has 160 valence electrons. The summed E-state index contributed by atoms with van der Waals surface area (Å²) in [5.74, 6) is 1.20. The molecule has 1 aromatic carbocycles. The van der Waals surface area contributed by atoms with E-state index in [1.807, 2.05) is 4.90 Å². The summed E-state index contributed by atoms with van der Waals surface area (Å²) in [6.07, 6.45) is 2.69. The van der Waals surface area contributed by atoms with Gasteiger partial charge < -0.3 is 14.8 Å². The second-order valence-electron chi connectivity index (χ2n) is 7.55. The first-order chi connectivity index (χ1) is 14.0. The third-order valence-electron chi connectivity index (χ3n) is 5.45. The van der Waals surface area contributed by atoms with Gasteiger partial charge in [-0.05, 0) is 25.0 Å². The van der Waals surface area contributed by atoms with Gasteiger partial charge in [-0.15, -0.1) is 0 Å². The van der Waals surface area contributed by atoms with Crippen LogP contribution in [0.25, 0.3) is 0 Å². The molecule has 0 bridgehead atoms. The fraction of sp³-hybridized carbons (Fsp3) is 0.632. The number of hydrogen-bond acceptors (Lipinski definition) is 6. The second-order valence-corrected chi connectivity index (χ2v) is 9.48. The van der Waals surface area contributed by atoms with Crippen molar-refractivity contribution in [3.8, 4) is 11.5 Å². The highest BCUT2D eigenvalue weighted by molar-refractivity contribution is 7.86. The first-order valence-corrected chi connectivity index (χ1v) is 11.6. The van der Waals surface area contributed by atoms with Crippen LogP contribution in [-0.2, 0) is 15.0 Å². The largest absolute Gasteiger partial charge is 0.490 e. The second kappa shape index (κ2) is 8.86. The average Bonchev–Trinajstić information content (AvgIpc) is 3.16. The van der Waals surface area contributed by atoms with E-state index in [0.717, 1.165) is 19.3 Å². The molecule has 9 nitrogen and oxygen atoms in total. The van der Waals surface area contributed by atoms with E-state index in [-0.39, 0.29) is 12.5 Å². The number of hydrogen-bond donors (Lipinski definition) is 1. The minimum absolute atomic E-state index is 0.129. The molecule has 1 N–H and O–H groups in total. The summed E-state index contributed by atoms with van der Waals surface area (Å²) in [4.78, 5) is 14.4. The summed E-state index contributed by atoms with van der Waals surface area (Å²) in [5, 5.41) is 2.89. The van der Waals surface area contributed by atoms with Crippen molar-refractivity contribution >= 4 is 21.8 Å². The molecule has 4 rings (SSSR count). The molecule has 0 aromatic heterocycles. The zero-order valence-electron chi connectivity index (χ0n) is 16.5. The highest BCUT2D eigenvalue weighted by atomic mass is 32.2. The van der Waals surface area contributed by atoms with Crippen molar-refractivity contribution in [2.24, 2.45) is 0 Å². The number of ether oxygens (including phenoxy) is 2. The molecular formula is C19H28N4O5S. The van der Waals surface area contributed by atoms with Crippen LogP contribution in [0.4, 0.5) is 5.69 Å². The third-order valence-corrected chi connectivity index (χ3v) is 7.48. The van der Waals surface area contributed by atoms with Crippen molar-refractivity contribution in [1.29, 1.82) is 0 Å². The predicted octanol–water partition coefficient (Wildman–Crippen LogP) is 0.745. The molecule has 2 fully saturated rings. The summed E-state index contributed by atoms with van der Waals surface area (Å²) in [6, 6.07) is 5.38. The predicted molar refractivity (Wildman–Crippen MR) is 108 cm³/mol. The van der Waals surface area contributed by atoms with Gasteiger partial charge in [0.2, 0.25) is 5.91 Å². The summed E-state index contributed by atoms with van der Waals surface area (Å²) in [5.41, 5.74) is 0.662. The Hall–Kier alpha value is -1.88. The quantitative estimate of drug-likeness (QED) is 0.750. The summed E-state index contributed by atoms with van der Waals surface area (Å²) in [7, 11) is -3.36. The van der Waals surface area contributed by atoms with E-state index < -0.39 is 10.2 Å². The molecule has 29 heavy (non-hydrogen) atoms. The van der Waals surface area contributed by atoms with Crippen LogP contribution in [0.1, 0.15) is 19.3 Å². The molecule has 2 saturated heterocycles. The van der Waals surface area contributed by atoms with Crippen LogP contribution in [-0.4, -0.2) is 86.9 Å². The maximum absolute atomic E-state index is 12.6. The van der Waals surface area contributed by atoms with Gasteiger partial charge in [0.15, 0.2) is 11.5 Å². The van der Waals surface area contributed by atoms with Gasteiger partial charge in [-0.3, -0.25) is 9.69 Å². The number of nitrogens with zero attached hydrogens (tertiary/aromatic N) is 3. The number of carbonyl (C=O) groups excluding carboxylic acids is 1. The summed E-state index contributed by atoms with van der Waals surface area (Å²) < 4.78 is 39.6. The number of benzene rings is 1. The lowest BCUT2D eigenvalue weighted by molar-refractivity contribution is -0.117. The van der Waals surface area contributed by atoms with Crippen LogP contribution in [0.5, 0.6) is 11.5 Å². The first kappa shape index (κ1) is 20.4. The number of anilines is 1. The van der Waals surface area contributed by atoms with Crippen LogP contribution in [0.15, 0.2) is 18.2 Å². The summed E-state index contributed by atoms with van der Waals surface area (Å²) in [6.45, 7) is 4.58. The van der Waals surface area contributed by atoms with Crippen LogP contribution in [0, 0.1) is 0 Å². The van der Waals surface area contributed by atoms with Crippen LogP contribution < -0.4 is 14.8 Å². The number of carbonyl (C=O) groups is 1. The SMILES string of the molecule is O=C(CN1CCN(S(=O)(=O)N2CCCC2)CC1)Nc1ccc2c(c1)OCCCO2. The number of rotatable bonds is 5. The summed E-state index contributed by atoms with van der Waals surface area (Å²) >= 11 is 0. The third kappa shape index (κ3) is 4.82. The Balaban J connectivity index is 1.27. The zero-order chi connectivity index (χ0) is 20.3. The fourth-order valence-electron chi connectivity index (χ4n) is 3.85. The van der Waals surface area contributed by atoms with Crippen molar-refractivity contribution in [3.63, 3.8) is 0 Å². The number of piperazine rings is 1. The van der Waals surface area contributed by atoms with Crippen molar-refractivity contribution in [3.05, 3.63) is 18.2 Å². The minimum Gasteiger partial charge on any atom is -0.490 e. The molecule has 1 amide bonds. The maximum Gasteiger partial charge on any atom is 0.282 e. The standard InChI is InChI=1S/C19H28N4O5S/c24-19(20-16-4-5-17-18(14-16)28-13-3-12-27-17)15-21-8-10-23(11-9-21)29(25,26)22-6-1-2-7-22/h4-5,14H,1-3,6-13,15H2,(H,20,24). The van der Waals surface area contributed by atoms with Crippen molar-refractivity contribution in [1.82, 2.24) is 13.5 Å². The van der Waals surface area contributed by atoms with Crippen molar-refractivity contribution < 1.29 is 22.7 Å². The molecule has 0 saturated carbocycles. The molecule has 0 unspecified atom stereocenters. The van der Waals surface area contributed by atoms with Gasteiger partial charge in [0.25, 0.3) is 10.2 Å². The Morgan fingerprint density at radius 1 is 0.897 bits per heavy atom. The minimum atomic E-state index is -3.36. The molecule has 10 heteroatoms. The van der Waals surface area contributed by atoms with Crippen molar-refractivity contribution in [2.45, 2.75) is 19.3 Å².